The Hall–Kier alpha value is -1.69. The van der Waals surface area contributed by atoms with E-state index < -0.39 is 0 Å². The molecule has 0 amide bonds. The summed E-state index contributed by atoms with van der Waals surface area (Å²) in [4.78, 5) is 16.8. The number of alkyl halides is 1. The van der Waals surface area contributed by atoms with Crippen LogP contribution in [0.15, 0.2) is 23.1 Å². The van der Waals surface area contributed by atoms with Crippen LogP contribution in [0.5, 0.6) is 0 Å². The SMILES string of the molecule is O=c1n(C23CC(Cl)(C2)C3)nc2n1C(c1ccc(F)cn1)CC2. The van der Waals surface area contributed by atoms with E-state index in [4.69, 9.17) is 11.6 Å². The fourth-order valence-corrected chi connectivity index (χ4v) is 5.06. The van der Waals surface area contributed by atoms with Crippen LogP contribution in [0.1, 0.15) is 43.2 Å². The quantitative estimate of drug-likeness (QED) is 0.795. The van der Waals surface area contributed by atoms with Gasteiger partial charge in [0, 0.05) is 6.42 Å². The molecule has 0 aromatic carbocycles. The molecule has 0 saturated heterocycles. The Bertz CT molecular complexity index is 820. The van der Waals surface area contributed by atoms with Crippen molar-refractivity contribution < 1.29 is 4.39 Å². The summed E-state index contributed by atoms with van der Waals surface area (Å²) in [6, 6.07) is 2.89. The first kappa shape index (κ1) is 12.8. The molecule has 1 unspecified atom stereocenters. The molecule has 3 fully saturated rings. The van der Waals surface area contributed by atoms with E-state index in [1.165, 1.54) is 12.3 Å². The Kier molecular flexibility index (Phi) is 2.21. The third-order valence-corrected chi connectivity index (χ3v) is 5.71. The Morgan fingerprint density at radius 3 is 2.73 bits per heavy atom. The highest BCUT2D eigenvalue weighted by molar-refractivity contribution is 6.26. The zero-order chi connectivity index (χ0) is 15.1. The topological polar surface area (TPSA) is 52.7 Å². The lowest BCUT2D eigenvalue weighted by atomic mass is 9.49. The van der Waals surface area contributed by atoms with Gasteiger partial charge in [0.1, 0.15) is 11.6 Å². The van der Waals surface area contributed by atoms with Crippen LogP contribution in [0, 0.1) is 5.82 Å². The third kappa shape index (κ3) is 1.46. The van der Waals surface area contributed by atoms with Gasteiger partial charge in [-0.2, -0.15) is 5.10 Å². The Morgan fingerprint density at radius 2 is 2.09 bits per heavy atom. The summed E-state index contributed by atoms with van der Waals surface area (Å²) >= 11 is 6.30. The van der Waals surface area contributed by atoms with Crippen LogP contribution in [0.4, 0.5) is 4.39 Å². The molecule has 4 aliphatic rings. The van der Waals surface area contributed by atoms with Gasteiger partial charge in [-0.15, -0.1) is 11.6 Å². The third-order valence-electron chi connectivity index (χ3n) is 5.31. The number of aromatic nitrogens is 4. The maximum Gasteiger partial charge on any atom is 0.347 e. The smallest absolute Gasteiger partial charge is 0.270 e. The van der Waals surface area contributed by atoms with Gasteiger partial charge in [-0.25, -0.2) is 13.9 Å². The van der Waals surface area contributed by atoms with E-state index in [0.717, 1.165) is 37.9 Å². The average Bonchev–Trinajstić information content (AvgIpc) is 2.97. The molecule has 3 heterocycles. The van der Waals surface area contributed by atoms with E-state index in [0.29, 0.717) is 5.69 Å². The molecular formula is C15H14ClFN4O. The summed E-state index contributed by atoms with van der Waals surface area (Å²) in [5.74, 6) is 0.431. The van der Waals surface area contributed by atoms with E-state index in [-0.39, 0.29) is 28.0 Å². The first-order valence-electron chi connectivity index (χ1n) is 7.51. The number of hydrogen-bond donors (Lipinski definition) is 0. The number of pyridine rings is 1. The summed E-state index contributed by atoms with van der Waals surface area (Å²) in [5, 5.41) is 4.55. The van der Waals surface area contributed by atoms with Crippen molar-refractivity contribution in [2.45, 2.75) is 48.6 Å². The summed E-state index contributed by atoms with van der Waals surface area (Å²) in [6.07, 6.45) is 5.21. The number of hydrogen-bond acceptors (Lipinski definition) is 3. The first-order chi connectivity index (χ1) is 10.5. The normalized spacial score (nSPS) is 34.9. The van der Waals surface area contributed by atoms with E-state index in [1.54, 1.807) is 15.3 Å². The van der Waals surface area contributed by atoms with Gasteiger partial charge in [-0.05, 0) is 37.8 Å². The summed E-state index contributed by atoms with van der Waals surface area (Å²) in [5.41, 5.74) is 0.479. The van der Waals surface area contributed by atoms with Crippen LogP contribution in [0.2, 0.25) is 0 Å². The molecule has 1 atom stereocenters. The van der Waals surface area contributed by atoms with E-state index in [1.807, 2.05) is 0 Å². The highest BCUT2D eigenvalue weighted by Gasteiger charge is 2.70. The largest absolute Gasteiger partial charge is 0.347 e. The maximum absolute atomic E-state index is 13.0. The highest BCUT2D eigenvalue weighted by atomic mass is 35.5. The van der Waals surface area contributed by atoms with Crippen LogP contribution in [0.3, 0.4) is 0 Å². The predicted octanol–water partition coefficient (Wildman–Crippen LogP) is 1.98. The molecule has 0 spiro atoms. The lowest BCUT2D eigenvalue weighted by molar-refractivity contribution is -0.0769. The van der Waals surface area contributed by atoms with Crippen LogP contribution in [-0.2, 0) is 12.0 Å². The molecule has 7 heteroatoms. The average molecular weight is 321 g/mol. The zero-order valence-electron chi connectivity index (χ0n) is 11.8. The fraction of sp³-hybridized carbons (Fsp3) is 0.533. The number of fused-ring (bicyclic) bond motifs is 1. The molecular weight excluding hydrogens is 307 g/mol. The number of nitrogens with zero attached hydrogens (tertiary/aromatic N) is 4. The van der Waals surface area contributed by atoms with Crippen molar-refractivity contribution in [1.82, 2.24) is 19.3 Å². The molecule has 3 aliphatic carbocycles. The highest BCUT2D eigenvalue weighted by Crippen LogP contribution is 2.68. The van der Waals surface area contributed by atoms with Crippen molar-refractivity contribution in [2.24, 2.45) is 0 Å². The molecule has 5 nitrogen and oxygen atoms in total. The van der Waals surface area contributed by atoms with Crippen molar-refractivity contribution in [3.63, 3.8) is 0 Å². The van der Waals surface area contributed by atoms with Gasteiger partial charge in [-0.1, -0.05) is 0 Å². The van der Waals surface area contributed by atoms with Crippen molar-refractivity contribution >= 4 is 11.6 Å². The van der Waals surface area contributed by atoms with Gasteiger partial charge in [-0.3, -0.25) is 9.55 Å². The van der Waals surface area contributed by atoms with Gasteiger partial charge < -0.3 is 0 Å². The standard InChI is InChI=1S/C15H14ClFN4O/c16-14-6-15(7-14,8-14)21-13(22)20-11(3-4-12(20)19-21)10-2-1-9(17)5-18-10/h1-2,5,11H,3-4,6-8H2. The van der Waals surface area contributed by atoms with Crippen molar-refractivity contribution in [3.05, 3.63) is 46.1 Å². The lowest BCUT2D eigenvalue weighted by Crippen LogP contribution is -2.71. The second kappa shape index (κ2) is 3.79. The van der Waals surface area contributed by atoms with Gasteiger partial charge in [0.25, 0.3) is 0 Å². The zero-order valence-corrected chi connectivity index (χ0v) is 12.6. The van der Waals surface area contributed by atoms with E-state index in [2.05, 4.69) is 10.1 Å². The van der Waals surface area contributed by atoms with Gasteiger partial charge in [0.2, 0.25) is 0 Å². The molecule has 2 bridgehead atoms. The van der Waals surface area contributed by atoms with Crippen LogP contribution in [0.25, 0.3) is 0 Å². The molecule has 114 valence electrons. The molecule has 2 aromatic heterocycles. The fourth-order valence-electron chi connectivity index (χ4n) is 4.31. The van der Waals surface area contributed by atoms with E-state index in [9.17, 15) is 9.18 Å². The molecule has 22 heavy (non-hydrogen) atoms. The minimum absolute atomic E-state index is 0.0814. The van der Waals surface area contributed by atoms with Crippen molar-refractivity contribution in [3.8, 4) is 0 Å². The van der Waals surface area contributed by atoms with Crippen molar-refractivity contribution in [1.29, 1.82) is 0 Å². The number of aryl methyl sites for hydroxylation is 1. The monoisotopic (exact) mass is 320 g/mol. The van der Waals surface area contributed by atoms with Gasteiger partial charge >= 0.3 is 5.69 Å². The lowest BCUT2D eigenvalue weighted by Gasteiger charge is -2.66. The second-order valence-corrected chi connectivity index (χ2v) is 7.64. The summed E-state index contributed by atoms with van der Waals surface area (Å²) in [7, 11) is 0. The Morgan fingerprint density at radius 1 is 1.32 bits per heavy atom. The predicted molar refractivity (Wildman–Crippen MR) is 77.6 cm³/mol. The number of rotatable bonds is 2. The summed E-state index contributed by atoms with van der Waals surface area (Å²) < 4.78 is 16.4. The second-order valence-electron chi connectivity index (χ2n) is 6.84. The van der Waals surface area contributed by atoms with Crippen molar-refractivity contribution in [2.75, 3.05) is 0 Å². The van der Waals surface area contributed by atoms with Gasteiger partial charge in [0.05, 0.1) is 28.3 Å². The molecule has 3 saturated carbocycles. The molecule has 2 aromatic rings. The first-order valence-corrected chi connectivity index (χ1v) is 7.89. The maximum atomic E-state index is 13.0. The van der Waals surface area contributed by atoms with Crippen LogP contribution in [-0.4, -0.2) is 24.2 Å². The van der Waals surface area contributed by atoms with Crippen LogP contribution < -0.4 is 5.69 Å². The minimum Gasteiger partial charge on any atom is -0.270 e. The molecule has 6 rings (SSSR count). The molecule has 1 aliphatic heterocycles. The van der Waals surface area contributed by atoms with E-state index >= 15 is 0 Å². The minimum atomic E-state index is -0.369. The molecule has 0 radical (unpaired) electrons. The molecule has 0 N–H and O–H groups in total. The number of halogens is 2. The Balaban J connectivity index is 1.56. The van der Waals surface area contributed by atoms with Crippen LogP contribution >= 0.6 is 11.6 Å². The summed E-state index contributed by atoms with van der Waals surface area (Å²) in [6.45, 7) is 0. The Labute approximate surface area is 130 Å². The van der Waals surface area contributed by atoms with Gasteiger partial charge in [0.15, 0.2) is 0 Å².